The van der Waals surface area contributed by atoms with Crippen molar-refractivity contribution in [3.63, 3.8) is 0 Å². The van der Waals surface area contributed by atoms with Gasteiger partial charge in [-0.1, -0.05) is 12.1 Å². The van der Waals surface area contributed by atoms with Crippen LogP contribution in [0.2, 0.25) is 0 Å². The fourth-order valence-electron chi connectivity index (χ4n) is 1.91. The summed E-state index contributed by atoms with van der Waals surface area (Å²) in [5.41, 5.74) is 2.73. The first kappa shape index (κ1) is 14.2. The number of esters is 1. The number of benzene rings is 1. The summed E-state index contributed by atoms with van der Waals surface area (Å²) in [6.45, 7) is 1.52. The molecule has 4 nitrogen and oxygen atoms in total. The molecule has 0 aliphatic rings. The van der Waals surface area contributed by atoms with Crippen LogP contribution in [0.15, 0.2) is 48.8 Å². The molecule has 20 heavy (non-hydrogen) atoms. The second kappa shape index (κ2) is 6.82. The maximum atomic E-state index is 11.4. The Hall–Kier alpha value is -2.20. The van der Waals surface area contributed by atoms with Crippen molar-refractivity contribution in [1.29, 1.82) is 0 Å². The molecule has 0 saturated heterocycles. The van der Waals surface area contributed by atoms with Crippen molar-refractivity contribution in [3.8, 4) is 11.1 Å². The van der Waals surface area contributed by atoms with Crippen LogP contribution >= 0.6 is 0 Å². The average Bonchev–Trinajstić information content (AvgIpc) is 2.53. The smallest absolute Gasteiger partial charge is 0.337 e. The van der Waals surface area contributed by atoms with Crippen molar-refractivity contribution < 1.29 is 18.8 Å². The van der Waals surface area contributed by atoms with Crippen molar-refractivity contribution >= 4 is 5.97 Å². The van der Waals surface area contributed by atoms with Crippen LogP contribution < -0.4 is 4.57 Å². The zero-order chi connectivity index (χ0) is 14.4. The number of methoxy groups -OCH3 is 2. The second-order valence-electron chi connectivity index (χ2n) is 4.39. The van der Waals surface area contributed by atoms with E-state index in [4.69, 9.17) is 4.74 Å². The molecule has 0 radical (unpaired) electrons. The Bertz CT molecular complexity index is 561. The number of hydrogen-bond acceptors (Lipinski definition) is 3. The lowest BCUT2D eigenvalue weighted by Crippen LogP contribution is -2.34. The van der Waals surface area contributed by atoms with E-state index < -0.39 is 0 Å². The highest BCUT2D eigenvalue weighted by molar-refractivity contribution is 5.89. The summed E-state index contributed by atoms with van der Waals surface area (Å²) in [4.78, 5) is 11.4. The summed E-state index contributed by atoms with van der Waals surface area (Å²) < 4.78 is 11.8. The Morgan fingerprint density at radius 1 is 1.00 bits per heavy atom. The Morgan fingerprint density at radius 3 is 2.15 bits per heavy atom. The van der Waals surface area contributed by atoms with E-state index in [9.17, 15) is 4.79 Å². The zero-order valence-corrected chi connectivity index (χ0v) is 11.7. The lowest BCUT2D eigenvalue weighted by molar-refractivity contribution is -0.698. The number of nitrogens with zero attached hydrogens (tertiary/aromatic N) is 1. The van der Waals surface area contributed by atoms with Gasteiger partial charge < -0.3 is 9.47 Å². The summed E-state index contributed by atoms with van der Waals surface area (Å²) >= 11 is 0. The molecule has 0 N–H and O–H groups in total. The molecule has 2 rings (SSSR count). The highest BCUT2D eigenvalue weighted by Gasteiger charge is 2.06. The van der Waals surface area contributed by atoms with E-state index in [0.29, 0.717) is 12.2 Å². The normalized spacial score (nSPS) is 10.3. The number of ether oxygens (including phenoxy) is 2. The van der Waals surface area contributed by atoms with Gasteiger partial charge in [-0.25, -0.2) is 9.36 Å². The van der Waals surface area contributed by atoms with Crippen LogP contribution in [0.3, 0.4) is 0 Å². The molecule has 104 valence electrons. The van der Waals surface area contributed by atoms with E-state index in [-0.39, 0.29) is 5.97 Å². The van der Waals surface area contributed by atoms with Crippen LogP contribution in [0.1, 0.15) is 10.4 Å². The van der Waals surface area contributed by atoms with Gasteiger partial charge in [0.2, 0.25) is 0 Å². The molecule has 0 unspecified atom stereocenters. The molecule has 0 fully saturated rings. The van der Waals surface area contributed by atoms with Crippen LogP contribution in [-0.4, -0.2) is 26.8 Å². The highest BCUT2D eigenvalue weighted by atomic mass is 16.5. The number of pyridine rings is 1. The zero-order valence-electron chi connectivity index (χ0n) is 11.7. The first-order chi connectivity index (χ1) is 9.74. The summed E-state index contributed by atoms with van der Waals surface area (Å²) in [5, 5.41) is 0. The summed E-state index contributed by atoms with van der Waals surface area (Å²) in [6, 6.07) is 11.5. The summed E-state index contributed by atoms with van der Waals surface area (Å²) in [5.74, 6) is -0.318. The third kappa shape index (κ3) is 3.42. The lowest BCUT2D eigenvalue weighted by atomic mass is 10.1. The van der Waals surface area contributed by atoms with Crippen molar-refractivity contribution in [2.45, 2.75) is 6.54 Å². The molecule has 0 saturated carbocycles. The summed E-state index contributed by atoms with van der Waals surface area (Å²) in [7, 11) is 3.07. The summed E-state index contributed by atoms with van der Waals surface area (Å²) in [6.07, 6.45) is 4.03. The average molecular weight is 272 g/mol. The van der Waals surface area contributed by atoms with Gasteiger partial charge in [0.15, 0.2) is 18.9 Å². The highest BCUT2D eigenvalue weighted by Crippen LogP contribution is 2.18. The quantitative estimate of drug-likeness (QED) is 0.618. The molecule has 0 amide bonds. The maximum absolute atomic E-state index is 11.4. The van der Waals surface area contributed by atoms with Gasteiger partial charge in [-0.05, 0) is 23.3 Å². The molecular formula is C16H18NO3+. The van der Waals surface area contributed by atoms with Crippen LogP contribution in [0.5, 0.6) is 0 Å². The SMILES string of the molecule is COCC[n+]1ccc(-c2ccc(C(=O)OC)cc2)cc1. The van der Waals surface area contributed by atoms with E-state index in [0.717, 1.165) is 17.7 Å². The molecule has 0 atom stereocenters. The fraction of sp³-hybridized carbons (Fsp3) is 0.250. The van der Waals surface area contributed by atoms with Gasteiger partial charge in [-0.3, -0.25) is 0 Å². The molecule has 1 aromatic heterocycles. The first-order valence-electron chi connectivity index (χ1n) is 6.41. The van der Waals surface area contributed by atoms with Crippen LogP contribution in [0.4, 0.5) is 0 Å². The molecular weight excluding hydrogens is 254 g/mol. The van der Waals surface area contributed by atoms with Gasteiger partial charge in [-0.2, -0.15) is 0 Å². The lowest BCUT2D eigenvalue weighted by Gasteiger charge is -2.03. The molecule has 2 aromatic rings. The fourth-order valence-corrected chi connectivity index (χ4v) is 1.91. The van der Waals surface area contributed by atoms with Gasteiger partial charge >= 0.3 is 5.97 Å². The van der Waals surface area contributed by atoms with Crippen molar-refractivity contribution in [2.24, 2.45) is 0 Å². The van der Waals surface area contributed by atoms with Crippen LogP contribution in [0, 0.1) is 0 Å². The van der Waals surface area contributed by atoms with Crippen LogP contribution in [-0.2, 0) is 16.0 Å². The minimum absolute atomic E-state index is 0.318. The third-order valence-corrected chi connectivity index (χ3v) is 3.08. The number of hydrogen-bond donors (Lipinski definition) is 0. The van der Waals surface area contributed by atoms with Gasteiger partial charge in [0, 0.05) is 19.2 Å². The number of carbonyl (C=O) groups is 1. The van der Waals surface area contributed by atoms with Gasteiger partial charge in [0.1, 0.15) is 6.61 Å². The molecule has 1 aromatic carbocycles. The predicted molar refractivity (Wildman–Crippen MR) is 75.3 cm³/mol. The van der Waals surface area contributed by atoms with Crippen molar-refractivity contribution in [1.82, 2.24) is 0 Å². The van der Waals surface area contributed by atoms with Gasteiger partial charge in [-0.15, -0.1) is 0 Å². The number of aromatic nitrogens is 1. The first-order valence-corrected chi connectivity index (χ1v) is 6.41. The van der Waals surface area contributed by atoms with Gasteiger partial charge in [0.05, 0.1) is 12.7 Å². The minimum Gasteiger partial charge on any atom is -0.465 e. The predicted octanol–water partition coefficient (Wildman–Crippen LogP) is 2.07. The monoisotopic (exact) mass is 272 g/mol. The minimum atomic E-state index is -0.318. The third-order valence-electron chi connectivity index (χ3n) is 3.08. The van der Waals surface area contributed by atoms with E-state index >= 15 is 0 Å². The molecule has 0 bridgehead atoms. The molecule has 4 heteroatoms. The van der Waals surface area contributed by atoms with Crippen molar-refractivity contribution in [2.75, 3.05) is 20.8 Å². The van der Waals surface area contributed by atoms with E-state index in [1.807, 2.05) is 36.7 Å². The Kier molecular flexibility index (Phi) is 4.85. The standard InChI is InChI=1S/C16H18NO3/c1-19-12-11-17-9-7-14(8-10-17)13-3-5-15(6-4-13)16(18)20-2/h3-10H,11-12H2,1-2H3/q+1. The second-order valence-corrected chi connectivity index (χ2v) is 4.39. The molecule has 0 aliphatic heterocycles. The van der Waals surface area contributed by atoms with Crippen LogP contribution in [0.25, 0.3) is 11.1 Å². The Morgan fingerprint density at radius 2 is 1.60 bits per heavy atom. The van der Waals surface area contributed by atoms with E-state index in [1.54, 1.807) is 19.2 Å². The van der Waals surface area contributed by atoms with E-state index in [2.05, 4.69) is 9.30 Å². The number of carbonyl (C=O) groups excluding carboxylic acids is 1. The van der Waals surface area contributed by atoms with Crippen molar-refractivity contribution in [3.05, 3.63) is 54.4 Å². The maximum Gasteiger partial charge on any atom is 0.337 e. The Labute approximate surface area is 118 Å². The number of rotatable bonds is 5. The van der Waals surface area contributed by atoms with Gasteiger partial charge in [0.25, 0.3) is 0 Å². The topological polar surface area (TPSA) is 39.4 Å². The largest absolute Gasteiger partial charge is 0.465 e. The molecule has 0 spiro atoms. The van der Waals surface area contributed by atoms with E-state index in [1.165, 1.54) is 7.11 Å². The molecule has 0 aliphatic carbocycles. The Balaban J connectivity index is 2.13. The molecule has 1 heterocycles.